The molecule has 6 nitrogen and oxygen atoms in total. The Morgan fingerprint density at radius 2 is 2.00 bits per heavy atom. The van der Waals surface area contributed by atoms with E-state index in [2.05, 4.69) is 5.32 Å². The van der Waals surface area contributed by atoms with Crippen LogP contribution in [-0.2, 0) is 19.1 Å². The molecule has 1 aliphatic carbocycles. The highest BCUT2D eigenvalue weighted by Crippen LogP contribution is 2.33. The summed E-state index contributed by atoms with van der Waals surface area (Å²) in [6.07, 6.45) is 1.66. The summed E-state index contributed by atoms with van der Waals surface area (Å²) in [6.45, 7) is 5.65. The predicted molar refractivity (Wildman–Crippen MR) is 86.7 cm³/mol. The van der Waals surface area contributed by atoms with Gasteiger partial charge in [0.2, 0.25) is 0 Å². The zero-order valence-corrected chi connectivity index (χ0v) is 14.3. The van der Waals surface area contributed by atoms with Crippen molar-refractivity contribution in [3.8, 4) is 0 Å². The number of hydrogen-bond donors (Lipinski definition) is 1. The highest BCUT2D eigenvalue weighted by Gasteiger charge is 2.31. The number of nitrogens with one attached hydrogen (secondary N) is 1. The number of anilines is 1. The maximum absolute atomic E-state index is 12.0. The van der Waals surface area contributed by atoms with E-state index in [1.165, 1.54) is 11.3 Å². The molecule has 1 amide bonds. The molecule has 1 aromatic heterocycles. The fourth-order valence-electron chi connectivity index (χ4n) is 1.88. The molecule has 0 aromatic carbocycles. The Morgan fingerprint density at radius 1 is 1.30 bits per heavy atom. The number of ether oxygens (including phenoxy) is 2. The molecule has 7 heteroatoms. The second-order valence-corrected chi connectivity index (χ2v) is 6.78. The van der Waals surface area contributed by atoms with Gasteiger partial charge in [0.25, 0.3) is 5.91 Å². The largest absolute Gasteiger partial charge is 0.462 e. The van der Waals surface area contributed by atoms with Crippen molar-refractivity contribution in [3.05, 3.63) is 16.5 Å². The minimum atomic E-state index is -0.471. The Kier molecular flexibility index (Phi) is 5.76. The van der Waals surface area contributed by atoms with E-state index in [1.807, 2.05) is 13.8 Å². The van der Waals surface area contributed by atoms with Gasteiger partial charge in [-0.15, -0.1) is 11.3 Å². The zero-order valence-electron chi connectivity index (χ0n) is 13.5. The summed E-state index contributed by atoms with van der Waals surface area (Å²) in [7, 11) is 0. The average molecular weight is 339 g/mol. The van der Waals surface area contributed by atoms with E-state index in [0.717, 1.165) is 17.7 Å². The lowest BCUT2D eigenvalue weighted by Gasteiger charge is -2.06. The van der Waals surface area contributed by atoms with E-state index in [-0.39, 0.29) is 31.0 Å². The molecule has 0 atom stereocenters. The van der Waals surface area contributed by atoms with E-state index >= 15 is 0 Å². The average Bonchev–Trinajstić information content (AvgIpc) is 3.26. The summed E-state index contributed by atoms with van der Waals surface area (Å²) < 4.78 is 9.95. The first-order chi connectivity index (χ1) is 10.9. The third-order valence-electron chi connectivity index (χ3n) is 3.32. The molecule has 1 aromatic rings. The van der Waals surface area contributed by atoms with Gasteiger partial charge in [0, 0.05) is 4.88 Å². The van der Waals surface area contributed by atoms with Crippen LogP contribution in [0.1, 0.15) is 54.8 Å². The number of esters is 2. The molecule has 1 saturated carbocycles. The topological polar surface area (TPSA) is 81.7 Å². The van der Waals surface area contributed by atoms with Crippen molar-refractivity contribution >= 4 is 34.2 Å². The van der Waals surface area contributed by atoms with Gasteiger partial charge >= 0.3 is 11.9 Å². The van der Waals surface area contributed by atoms with Gasteiger partial charge in [0.1, 0.15) is 5.00 Å². The first-order valence-electron chi connectivity index (χ1n) is 7.69. The molecule has 0 spiro atoms. The van der Waals surface area contributed by atoms with Gasteiger partial charge in [-0.1, -0.05) is 13.8 Å². The van der Waals surface area contributed by atoms with Gasteiger partial charge in [0.15, 0.2) is 6.61 Å². The molecule has 0 unspecified atom stereocenters. The Hall–Kier alpha value is -1.89. The minimum absolute atomic E-state index is 0.0489. The van der Waals surface area contributed by atoms with E-state index in [1.54, 1.807) is 13.0 Å². The molecular weight excluding hydrogens is 318 g/mol. The molecule has 0 saturated heterocycles. The standard InChI is InChI=1S/C16H21NO5S/c1-4-21-16(20)11-7-12(9(2)3)23-14(11)17-13(18)8-22-15(19)10-5-6-10/h7,9-10H,4-6,8H2,1-3H3,(H,17,18). The van der Waals surface area contributed by atoms with Crippen LogP contribution in [0.5, 0.6) is 0 Å². The second-order valence-electron chi connectivity index (χ2n) is 5.70. The van der Waals surface area contributed by atoms with Gasteiger partial charge in [-0.2, -0.15) is 0 Å². The Balaban J connectivity index is 2.02. The molecular formula is C16H21NO5S. The van der Waals surface area contributed by atoms with Crippen LogP contribution in [0.15, 0.2) is 6.07 Å². The lowest BCUT2D eigenvalue weighted by atomic mass is 10.1. The van der Waals surface area contributed by atoms with Gasteiger partial charge in [-0.3, -0.25) is 9.59 Å². The third-order valence-corrected chi connectivity index (χ3v) is 4.68. The normalized spacial score (nSPS) is 13.7. The van der Waals surface area contributed by atoms with E-state index in [4.69, 9.17) is 9.47 Å². The van der Waals surface area contributed by atoms with Crippen LogP contribution in [0.25, 0.3) is 0 Å². The van der Waals surface area contributed by atoms with Crippen LogP contribution >= 0.6 is 11.3 Å². The van der Waals surface area contributed by atoms with Gasteiger partial charge < -0.3 is 14.8 Å². The first kappa shape index (κ1) is 17.5. The number of hydrogen-bond acceptors (Lipinski definition) is 6. The van der Waals surface area contributed by atoms with E-state index < -0.39 is 11.9 Å². The van der Waals surface area contributed by atoms with Crippen molar-refractivity contribution in [1.82, 2.24) is 0 Å². The maximum Gasteiger partial charge on any atom is 0.341 e. The molecule has 1 aliphatic rings. The highest BCUT2D eigenvalue weighted by atomic mass is 32.1. The van der Waals surface area contributed by atoms with Crippen LogP contribution in [0.3, 0.4) is 0 Å². The van der Waals surface area contributed by atoms with Crippen molar-refractivity contribution in [2.24, 2.45) is 5.92 Å². The predicted octanol–water partition coefficient (Wildman–Crippen LogP) is 2.94. The Bertz CT molecular complexity index is 604. The van der Waals surface area contributed by atoms with Crippen LogP contribution in [0.2, 0.25) is 0 Å². The molecule has 0 aliphatic heterocycles. The third kappa shape index (κ3) is 4.79. The SMILES string of the molecule is CCOC(=O)c1cc(C(C)C)sc1NC(=O)COC(=O)C1CC1. The first-order valence-corrected chi connectivity index (χ1v) is 8.51. The van der Waals surface area contributed by atoms with Gasteiger partial charge in [-0.05, 0) is 31.7 Å². The van der Waals surface area contributed by atoms with Gasteiger partial charge in [-0.25, -0.2) is 4.79 Å². The lowest BCUT2D eigenvalue weighted by molar-refractivity contribution is -0.148. The number of carbonyl (C=O) groups excluding carboxylic acids is 3. The van der Waals surface area contributed by atoms with Crippen LogP contribution < -0.4 is 5.32 Å². The van der Waals surface area contributed by atoms with Crippen LogP contribution in [-0.4, -0.2) is 31.1 Å². The van der Waals surface area contributed by atoms with Crippen molar-refractivity contribution in [2.75, 3.05) is 18.5 Å². The second kappa shape index (κ2) is 7.59. The Morgan fingerprint density at radius 3 is 2.57 bits per heavy atom. The quantitative estimate of drug-likeness (QED) is 0.772. The highest BCUT2D eigenvalue weighted by molar-refractivity contribution is 7.16. The van der Waals surface area contributed by atoms with Crippen LogP contribution in [0.4, 0.5) is 5.00 Å². The number of amides is 1. The Labute approximate surface area is 139 Å². The maximum atomic E-state index is 12.0. The lowest BCUT2D eigenvalue weighted by Crippen LogP contribution is -2.22. The number of thiophene rings is 1. The number of rotatable bonds is 7. The molecule has 1 heterocycles. The fraction of sp³-hybridized carbons (Fsp3) is 0.562. The summed E-state index contributed by atoms with van der Waals surface area (Å²) in [4.78, 5) is 36.3. The summed E-state index contributed by atoms with van der Waals surface area (Å²) >= 11 is 1.33. The van der Waals surface area contributed by atoms with Crippen molar-refractivity contribution in [1.29, 1.82) is 0 Å². The van der Waals surface area contributed by atoms with E-state index in [9.17, 15) is 14.4 Å². The minimum Gasteiger partial charge on any atom is -0.462 e. The molecule has 0 radical (unpaired) electrons. The summed E-state index contributed by atoms with van der Waals surface area (Å²) in [5.41, 5.74) is 0.336. The van der Waals surface area contributed by atoms with Crippen molar-refractivity contribution in [3.63, 3.8) is 0 Å². The molecule has 126 valence electrons. The summed E-state index contributed by atoms with van der Waals surface area (Å²) in [5.74, 6) is -1.08. The fourth-order valence-corrected chi connectivity index (χ4v) is 2.95. The molecule has 2 rings (SSSR count). The van der Waals surface area contributed by atoms with Gasteiger partial charge in [0.05, 0.1) is 18.1 Å². The molecule has 1 fully saturated rings. The molecule has 1 N–H and O–H groups in total. The van der Waals surface area contributed by atoms with Crippen molar-refractivity contribution < 1.29 is 23.9 Å². The van der Waals surface area contributed by atoms with Crippen molar-refractivity contribution in [2.45, 2.75) is 39.5 Å². The monoisotopic (exact) mass is 339 g/mol. The number of carbonyl (C=O) groups is 3. The smallest absolute Gasteiger partial charge is 0.341 e. The van der Waals surface area contributed by atoms with Crippen LogP contribution in [0, 0.1) is 5.92 Å². The van der Waals surface area contributed by atoms with E-state index in [0.29, 0.717) is 10.6 Å². The molecule has 23 heavy (non-hydrogen) atoms. The summed E-state index contributed by atoms with van der Waals surface area (Å²) in [5, 5.41) is 3.07. The zero-order chi connectivity index (χ0) is 17.0. The molecule has 0 bridgehead atoms. The summed E-state index contributed by atoms with van der Waals surface area (Å²) in [6, 6.07) is 1.74.